The summed E-state index contributed by atoms with van der Waals surface area (Å²) < 4.78 is 0. The average Bonchev–Trinajstić information content (AvgIpc) is 2.52. The van der Waals surface area contributed by atoms with E-state index in [9.17, 15) is 0 Å². The Kier molecular flexibility index (Phi) is 6.15. The third-order valence-corrected chi connectivity index (χ3v) is 3.38. The maximum Gasteiger partial charge on any atom is 0.224 e. The van der Waals surface area contributed by atoms with Crippen LogP contribution in [-0.4, -0.2) is 42.1 Å². The second-order valence-electron chi connectivity index (χ2n) is 5.63. The molecule has 1 aromatic carbocycles. The van der Waals surface area contributed by atoms with Gasteiger partial charge in [-0.25, -0.2) is 4.98 Å². The Morgan fingerprint density at radius 3 is 2.64 bits per heavy atom. The smallest absolute Gasteiger partial charge is 0.224 e. The van der Waals surface area contributed by atoms with E-state index < -0.39 is 0 Å². The lowest BCUT2D eigenvalue weighted by atomic mass is 10.1. The first kappa shape index (κ1) is 16.2. The minimum absolute atomic E-state index is 0.206. The first-order valence-corrected chi connectivity index (χ1v) is 7.68. The van der Waals surface area contributed by atoms with Crippen LogP contribution in [0.4, 0.5) is 11.8 Å². The van der Waals surface area contributed by atoms with Gasteiger partial charge in [-0.05, 0) is 45.6 Å². The van der Waals surface area contributed by atoms with E-state index in [1.54, 1.807) is 6.20 Å². The molecule has 0 aliphatic carbocycles. The summed E-state index contributed by atoms with van der Waals surface area (Å²) in [5.41, 5.74) is 1.24. The number of aromatic nitrogens is 2. The van der Waals surface area contributed by atoms with Gasteiger partial charge in [0.25, 0.3) is 0 Å². The number of benzene rings is 1. The van der Waals surface area contributed by atoms with Gasteiger partial charge in [-0.1, -0.05) is 30.3 Å². The van der Waals surface area contributed by atoms with Gasteiger partial charge < -0.3 is 15.5 Å². The molecule has 0 saturated carbocycles. The third-order valence-electron chi connectivity index (χ3n) is 3.38. The van der Waals surface area contributed by atoms with E-state index in [4.69, 9.17) is 0 Å². The molecule has 0 aliphatic heterocycles. The fourth-order valence-corrected chi connectivity index (χ4v) is 2.17. The fraction of sp³-hybridized carbons (Fsp3) is 0.412. The molecule has 2 aromatic rings. The second-order valence-corrected chi connectivity index (χ2v) is 5.63. The Labute approximate surface area is 132 Å². The fourth-order valence-electron chi connectivity index (χ4n) is 2.17. The summed E-state index contributed by atoms with van der Waals surface area (Å²) in [6.45, 7) is 4.05. The monoisotopic (exact) mass is 299 g/mol. The minimum atomic E-state index is 0.206. The highest BCUT2D eigenvalue weighted by atomic mass is 15.1. The maximum atomic E-state index is 4.51. The van der Waals surface area contributed by atoms with Gasteiger partial charge in [0.05, 0.1) is 0 Å². The van der Waals surface area contributed by atoms with Crippen LogP contribution in [0.3, 0.4) is 0 Å². The summed E-state index contributed by atoms with van der Waals surface area (Å²) in [5, 5.41) is 6.67. The summed E-state index contributed by atoms with van der Waals surface area (Å²) in [4.78, 5) is 10.9. The highest BCUT2D eigenvalue weighted by Gasteiger charge is 2.06. The molecule has 0 saturated heterocycles. The van der Waals surface area contributed by atoms with Crippen molar-refractivity contribution in [3.05, 3.63) is 48.2 Å². The van der Waals surface area contributed by atoms with Crippen molar-refractivity contribution in [1.82, 2.24) is 14.9 Å². The van der Waals surface area contributed by atoms with Gasteiger partial charge in [-0.3, -0.25) is 0 Å². The Morgan fingerprint density at radius 1 is 1.14 bits per heavy atom. The largest absolute Gasteiger partial charge is 0.363 e. The molecular weight excluding hydrogens is 274 g/mol. The van der Waals surface area contributed by atoms with Crippen LogP contribution in [0.5, 0.6) is 0 Å². The quantitative estimate of drug-likeness (QED) is 0.734. The predicted octanol–water partition coefficient (Wildman–Crippen LogP) is 3.01. The summed E-state index contributed by atoms with van der Waals surface area (Å²) >= 11 is 0. The van der Waals surface area contributed by atoms with E-state index in [1.807, 2.05) is 24.3 Å². The molecular formula is C17H25N5. The maximum absolute atomic E-state index is 4.51. The van der Waals surface area contributed by atoms with Crippen molar-refractivity contribution >= 4 is 11.8 Å². The van der Waals surface area contributed by atoms with Gasteiger partial charge in [0.2, 0.25) is 5.95 Å². The van der Waals surface area contributed by atoms with E-state index in [0.29, 0.717) is 5.95 Å². The Balaban J connectivity index is 1.88. The molecule has 5 heteroatoms. The van der Waals surface area contributed by atoms with Gasteiger partial charge in [0.15, 0.2) is 0 Å². The van der Waals surface area contributed by atoms with Crippen LogP contribution in [0, 0.1) is 0 Å². The van der Waals surface area contributed by atoms with Crippen LogP contribution >= 0.6 is 0 Å². The SMILES string of the molecule is CC(Nc1ccnc(NCCCN(C)C)n1)c1ccccc1. The van der Waals surface area contributed by atoms with Crippen LogP contribution < -0.4 is 10.6 Å². The first-order chi connectivity index (χ1) is 10.6. The van der Waals surface area contributed by atoms with Gasteiger partial charge in [0, 0.05) is 18.8 Å². The van der Waals surface area contributed by atoms with E-state index >= 15 is 0 Å². The molecule has 0 bridgehead atoms. The molecule has 1 atom stereocenters. The lowest BCUT2D eigenvalue weighted by molar-refractivity contribution is 0.405. The van der Waals surface area contributed by atoms with Crippen molar-refractivity contribution in [3.8, 4) is 0 Å². The van der Waals surface area contributed by atoms with Gasteiger partial charge in [-0.15, -0.1) is 0 Å². The number of nitrogens with zero attached hydrogens (tertiary/aromatic N) is 3. The standard InChI is InChI=1S/C17H25N5/c1-14(15-8-5-4-6-9-15)20-16-10-12-19-17(21-16)18-11-7-13-22(2)3/h4-6,8-10,12,14H,7,11,13H2,1-3H3,(H2,18,19,20,21). The summed E-state index contributed by atoms with van der Waals surface area (Å²) in [5.74, 6) is 1.51. The van der Waals surface area contributed by atoms with Crippen molar-refractivity contribution in [1.29, 1.82) is 0 Å². The number of hydrogen-bond acceptors (Lipinski definition) is 5. The van der Waals surface area contributed by atoms with E-state index in [2.05, 4.69) is 58.7 Å². The van der Waals surface area contributed by atoms with Crippen LogP contribution in [0.25, 0.3) is 0 Å². The van der Waals surface area contributed by atoms with Crippen molar-refractivity contribution in [2.75, 3.05) is 37.8 Å². The molecule has 0 aliphatic rings. The van der Waals surface area contributed by atoms with Crippen LogP contribution in [0.15, 0.2) is 42.6 Å². The molecule has 2 N–H and O–H groups in total. The topological polar surface area (TPSA) is 53.1 Å². The van der Waals surface area contributed by atoms with Crippen molar-refractivity contribution in [3.63, 3.8) is 0 Å². The third kappa shape index (κ3) is 5.33. The van der Waals surface area contributed by atoms with Gasteiger partial charge >= 0.3 is 0 Å². The number of nitrogens with one attached hydrogen (secondary N) is 2. The summed E-state index contributed by atoms with van der Waals surface area (Å²) in [6.07, 6.45) is 2.84. The molecule has 0 spiro atoms. The second kappa shape index (κ2) is 8.34. The predicted molar refractivity (Wildman–Crippen MR) is 92.2 cm³/mol. The van der Waals surface area contributed by atoms with Gasteiger partial charge in [0.1, 0.15) is 5.82 Å². The van der Waals surface area contributed by atoms with E-state index in [0.717, 1.165) is 25.3 Å². The number of anilines is 2. The molecule has 22 heavy (non-hydrogen) atoms. The normalized spacial score (nSPS) is 12.2. The summed E-state index contributed by atoms with van der Waals surface area (Å²) in [7, 11) is 4.15. The average molecular weight is 299 g/mol. The first-order valence-electron chi connectivity index (χ1n) is 7.68. The van der Waals surface area contributed by atoms with Crippen LogP contribution in [0.1, 0.15) is 24.9 Å². The molecule has 118 valence electrons. The highest BCUT2D eigenvalue weighted by molar-refractivity contribution is 5.41. The zero-order valence-corrected chi connectivity index (χ0v) is 13.6. The van der Waals surface area contributed by atoms with Crippen molar-refractivity contribution < 1.29 is 0 Å². The van der Waals surface area contributed by atoms with Crippen molar-refractivity contribution in [2.24, 2.45) is 0 Å². The Hall–Kier alpha value is -2.14. The Morgan fingerprint density at radius 2 is 1.91 bits per heavy atom. The molecule has 1 unspecified atom stereocenters. The zero-order chi connectivity index (χ0) is 15.8. The number of rotatable bonds is 8. The number of hydrogen-bond donors (Lipinski definition) is 2. The van der Waals surface area contributed by atoms with Crippen LogP contribution in [0.2, 0.25) is 0 Å². The minimum Gasteiger partial charge on any atom is -0.363 e. The summed E-state index contributed by atoms with van der Waals surface area (Å²) in [6, 6.07) is 12.4. The molecule has 2 rings (SSSR count). The molecule has 0 amide bonds. The zero-order valence-electron chi connectivity index (χ0n) is 13.6. The lowest BCUT2D eigenvalue weighted by Crippen LogP contribution is -2.17. The van der Waals surface area contributed by atoms with E-state index in [-0.39, 0.29) is 6.04 Å². The van der Waals surface area contributed by atoms with Gasteiger partial charge in [-0.2, -0.15) is 4.98 Å². The van der Waals surface area contributed by atoms with Crippen LogP contribution in [-0.2, 0) is 0 Å². The molecule has 5 nitrogen and oxygen atoms in total. The Bertz CT molecular complexity index is 556. The lowest BCUT2D eigenvalue weighted by Gasteiger charge is -2.15. The molecule has 1 aromatic heterocycles. The van der Waals surface area contributed by atoms with E-state index in [1.165, 1.54) is 5.56 Å². The molecule has 1 heterocycles. The van der Waals surface area contributed by atoms with Crippen molar-refractivity contribution in [2.45, 2.75) is 19.4 Å². The molecule has 0 fully saturated rings. The highest BCUT2D eigenvalue weighted by Crippen LogP contribution is 2.17. The molecule has 0 radical (unpaired) electrons.